The first kappa shape index (κ1) is 23.3. The largest absolute Gasteiger partial charge is 0.469 e. The van der Waals surface area contributed by atoms with Crippen LogP contribution in [0.5, 0.6) is 0 Å². The molecule has 0 radical (unpaired) electrons. The number of carbonyl (C=O) groups is 1. The fraction of sp³-hybridized carbons (Fsp3) is 0.640. The number of aryl methyl sites for hydroxylation is 1. The molecular weight excluding hydrogens is 452 g/mol. The Kier molecular flexibility index (Phi) is 5.87. The van der Waals surface area contributed by atoms with Gasteiger partial charge in [-0.2, -0.15) is 4.31 Å². The van der Waals surface area contributed by atoms with Gasteiger partial charge in [0.25, 0.3) is 0 Å². The van der Waals surface area contributed by atoms with Gasteiger partial charge in [-0.15, -0.1) is 0 Å². The fourth-order valence-electron chi connectivity index (χ4n) is 7.34. The van der Waals surface area contributed by atoms with Crippen molar-refractivity contribution in [2.24, 2.45) is 11.8 Å². The molecule has 3 aliphatic heterocycles. The van der Waals surface area contributed by atoms with Gasteiger partial charge in [0.05, 0.1) is 24.0 Å². The van der Waals surface area contributed by atoms with E-state index in [1.807, 2.05) is 19.1 Å². The number of nitrogens with zero attached hydrogens (tertiary/aromatic N) is 2. The standard InChI is InChI=1S/C25H36N2O4SSi/c1-17-10-12-19(13-11-17)32(29,30)26-14-7-8-18-16-20-21-9-5-6-15-27(21)33(3,4)24(20)22(23(18)26)25(28)31-2/h10-13,16,20-24H,5-9,14-15H2,1-4H3/t20?,21-,22?,23?,24-/m1/s1. The molecule has 3 fully saturated rings. The highest BCUT2D eigenvalue weighted by molar-refractivity contribution is 7.89. The van der Waals surface area contributed by atoms with Crippen LogP contribution in [0, 0.1) is 18.8 Å². The molecule has 0 N–H and O–H groups in total. The number of hydrogen-bond acceptors (Lipinski definition) is 5. The van der Waals surface area contributed by atoms with Gasteiger partial charge in [0.1, 0.15) is 8.24 Å². The monoisotopic (exact) mass is 488 g/mol. The molecule has 1 aliphatic carbocycles. The number of fused-ring (bicyclic) bond motifs is 4. The first-order chi connectivity index (χ1) is 15.7. The molecule has 6 nitrogen and oxygen atoms in total. The summed E-state index contributed by atoms with van der Waals surface area (Å²) in [5.41, 5.74) is 2.32. The number of sulfonamides is 1. The van der Waals surface area contributed by atoms with Crippen molar-refractivity contribution in [3.63, 3.8) is 0 Å². The van der Waals surface area contributed by atoms with Crippen molar-refractivity contribution in [3.8, 4) is 0 Å². The molecule has 8 heteroatoms. The van der Waals surface area contributed by atoms with Gasteiger partial charge in [-0.3, -0.25) is 4.79 Å². The summed E-state index contributed by atoms with van der Waals surface area (Å²) >= 11 is 0. The van der Waals surface area contributed by atoms with Gasteiger partial charge in [0.2, 0.25) is 10.0 Å². The third-order valence-electron chi connectivity index (χ3n) is 8.73. The van der Waals surface area contributed by atoms with E-state index in [0.29, 0.717) is 23.4 Å². The Morgan fingerprint density at radius 1 is 1.09 bits per heavy atom. The summed E-state index contributed by atoms with van der Waals surface area (Å²) in [6, 6.07) is 7.11. The summed E-state index contributed by atoms with van der Waals surface area (Å²) in [5.74, 6) is -0.357. The lowest BCUT2D eigenvalue weighted by molar-refractivity contribution is -0.147. The summed E-state index contributed by atoms with van der Waals surface area (Å²) in [5, 5.41) is 0. The molecule has 33 heavy (non-hydrogen) atoms. The smallest absolute Gasteiger partial charge is 0.310 e. The van der Waals surface area contributed by atoms with E-state index in [-0.39, 0.29) is 11.5 Å². The first-order valence-electron chi connectivity index (χ1n) is 12.3. The van der Waals surface area contributed by atoms with Crippen molar-refractivity contribution in [1.29, 1.82) is 0 Å². The molecule has 180 valence electrons. The van der Waals surface area contributed by atoms with Gasteiger partial charge in [0, 0.05) is 12.6 Å². The highest BCUT2D eigenvalue weighted by Crippen LogP contribution is 2.58. The zero-order chi connectivity index (χ0) is 23.5. The van der Waals surface area contributed by atoms with Crippen LogP contribution >= 0.6 is 0 Å². The zero-order valence-corrected chi connectivity index (χ0v) is 22.0. The van der Waals surface area contributed by atoms with Gasteiger partial charge in [0.15, 0.2) is 0 Å². The maximum Gasteiger partial charge on any atom is 0.310 e. The lowest BCUT2D eigenvalue weighted by Gasteiger charge is -2.48. The minimum absolute atomic E-state index is 0.163. The van der Waals surface area contributed by atoms with Gasteiger partial charge in [-0.25, -0.2) is 8.42 Å². The molecule has 0 spiro atoms. The number of esters is 1. The van der Waals surface area contributed by atoms with Gasteiger partial charge in [-0.05, 0) is 62.7 Å². The van der Waals surface area contributed by atoms with Crippen LogP contribution in [0.2, 0.25) is 18.6 Å². The third kappa shape index (κ3) is 3.56. The second-order valence-corrected chi connectivity index (χ2v) is 17.2. The van der Waals surface area contributed by atoms with Crippen molar-refractivity contribution in [2.45, 2.75) is 74.6 Å². The number of hydrogen-bond donors (Lipinski definition) is 0. The molecule has 3 heterocycles. The van der Waals surface area contributed by atoms with Crippen LogP contribution in [0.3, 0.4) is 0 Å². The maximum atomic E-state index is 13.9. The molecule has 3 unspecified atom stereocenters. The SMILES string of the molecule is COC(=O)C1C2C(=CC3[C@H]1[Si](C)(C)N1CCCC[C@H]31)CCCN2S(=O)(=O)c1ccc(C)cc1. The number of methoxy groups -OCH3 is 1. The number of piperidine rings is 2. The van der Waals surface area contributed by atoms with Gasteiger partial charge in [-0.1, -0.05) is 48.9 Å². The average molecular weight is 489 g/mol. The summed E-state index contributed by atoms with van der Waals surface area (Å²) in [6.07, 6.45) is 7.66. The molecule has 0 aromatic heterocycles. The quantitative estimate of drug-likeness (QED) is 0.366. The molecule has 5 atom stereocenters. The Labute approximate surface area is 199 Å². The van der Waals surface area contributed by atoms with Crippen LogP contribution in [0.4, 0.5) is 0 Å². The second kappa shape index (κ2) is 8.32. The molecule has 0 saturated carbocycles. The van der Waals surface area contributed by atoms with E-state index in [4.69, 9.17) is 4.74 Å². The predicted molar refractivity (Wildman–Crippen MR) is 131 cm³/mol. The topological polar surface area (TPSA) is 66.9 Å². The minimum Gasteiger partial charge on any atom is -0.469 e. The lowest BCUT2D eigenvalue weighted by Crippen LogP contribution is -2.58. The summed E-state index contributed by atoms with van der Waals surface area (Å²) in [7, 11) is -4.27. The van der Waals surface area contributed by atoms with Crippen LogP contribution < -0.4 is 0 Å². The van der Waals surface area contributed by atoms with Crippen molar-refractivity contribution < 1.29 is 17.9 Å². The van der Waals surface area contributed by atoms with Crippen molar-refractivity contribution >= 4 is 24.2 Å². The Bertz CT molecular complexity index is 1070. The van der Waals surface area contributed by atoms with Crippen LogP contribution in [-0.4, -0.2) is 63.8 Å². The average Bonchev–Trinajstić information content (AvgIpc) is 3.04. The zero-order valence-electron chi connectivity index (χ0n) is 20.2. The minimum atomic E-state index is -3.73. The van der Waals surface area contributed by atoms with Crippen molar-refractivity contribution in [1.82, 2.24) is 8.87 Å². The summed E-state index contributed by atoms with van der Waals surface area (Å²) < 4.78 is 37.5. The molecule has 0 amide bonds. The highest BCUT2D eigenvalue weighted by atomic mass is 32.2. The number of carbonyl (C=O) groups excluding carboxylic acids is 1. The number of ether oxygens (including phenoxy) is 1. The Morgan fingerprint density at radius 2 is 1.82 bits per heavy atom. The molecule has 3 saturated heterocycles. The Hall–Kier alpha value is -1.48. The van der Waals surface area contributed by atoms with E-state index in [9.17, 15) is 13.2 Å². The van der Waals surface area contributed by atoms with E-state index in [2.05, 4.69) is 23.7 Å². The highest BCUT2D eigenvalue weighted by Gasteiger charge is 2.63. The molecule has 4 aliphatic rings. The van der Waals surface area contributed by atoms with Crippen molar-refractivity contribution in [2.75, 3.05) is 20.2 Å². The second-order valence-electron chi connectivity index (χ2n) is 10.8. The first-order valence-corrected chi connectivity index (χ1v) is 16.8. The van der Waals surface area contributed by atoms with E-state index in [1.165, 1.54) is 26.4 Å². The van der Waals surface area contributed by atoms with Crippen molar-refractivity contribution in [3.05, 3.63) is 41.5 Å². The van der Waals surface area contributed by atoms with Crippen LogP contribution in [0.25, 0.3) is 0 Å². The number of rotatable bonds is 3. The van der Waals surface area contributed by atoms with E-state index in [0.717, 1.165) is 30.5 Å². The van der Waals surface area contributed by atoms with Gasteiger partial charge >= 0.3 is 5.97 Å². The number of benzene rings is 1. The third-order valence-corrected chi connectivity index (χ3v) is 15.0. The predicted octanol–water partition coefficient (Wildman–Crippen LogP) is 3.94. The molecule has 1 aromatic rings. The molecular formula is C25H36N2O4SSi. The van der Waals surface area contributed by atoms with E-state index >= 15 is 0 Å². The molecule has 1 aromatic carbocycles. The lowest BCUT2D eigenvalue weighted by atomic mass is 9.72. The Morgan fingerprint density at radius 3 is 2.52 bits per heavy atom. The summed E-state index contributed by atoms with van der Waals surface area (Å²) in [4.78, 5) is 13.8. The molecule has 5 rings (SSSR count). The van der Waals surface area contributed by atoms with Crippen LogP contribution in [-0.2, 0) is 19.6 Å². The van der Waals surface area contributed by atoms with E-state index < -0.39 is 30.2 Å². The normalized spacial score (nSPS) is 34.1. The van der Waals surface area contributed by atoms with Crippen LogP contribution in [0.1, 0.15) is 37.7 Å². The maximum absolute atomic E-state index is 13.9. The fourth-order valence-corrected chi connectivity index (χ4v) is 13.8. The van der Waals surface area contributed by atoms with E-state index in [1.54, 1.807) is 16.4 Å². The van der Waals surface area contributed by atoms with Crippen LogP contribution in [0.15, 0.2) is 40.8 Å². The summed E-state index contributed by atoms with van der Waals surface area (Å²) in [6.45, 7) is 8.26. The Balaban J connectivity index is 1.63. The van der Waals surface area contributed by atoms with Gasteiger partial charge < -0.3 is 9.30 Å². The molecule has 0 bridgehead atoms.